The van der Waals surface area contributed by atoms with Gasteiger partial charge in [0.1, 0.15) is 0 Å². The summed E-state index contributed by atoms with van der Waals surface area (Å²) in [4.78, 5) is 0. The van der Waals surface area contributed by atoms with Gasteiger partial charge in [-0.25, -0.2) is 0 Å². The molecule has 0 amide bonds. The second-order valence-electron chi connectivity index (χ2n) is 5.79. The molecule has 0 aliphatic heterocycles. The molecule has 1 atom stereocenters. The van der Waals surface area contributed by atoms with Crippen molar-refractivity contribution in [2.75, 3.05) is 5.32 Å². The molecular formula is C18H20BrN. The van der Waals surface area contributed by atoms with Gasteiger partial charge in [0.15, 0.2) is 0 Å². The van der Waals surface area contributed by atoms with E-state index in [9.17, 15) is 0 Å². The van der Waals surface area contributed by atoms with Gasteiger partial charge in [-0.15, -0.1) is 0 Å². The second kappa shape index (κ2) is 5.61. The summed E-state index contributed by atoms with van der Waals surface area (Å²) in [5, 5.41) is 3.74. The van der Waals surface area contributed by atoms with E-state index in [1.165, 1.54) is 45.3 Å². The number of hydrogen-bond acceptors (Lipinski definition) is 1. The highest BCUT2D eigenvalue weighted by Gasteiger charge is 2.19. The van der Waals surface area contributed by atoms with Crippen molar-refractivity contribution in [3.8, 4) is 0 Å². The molecule has 2 aromatic carbocycles. The van der Waals surface area contributed by atoms with Crippen LogP contribution in [0.4, 0.5) is 5.69 Å². The molecule has 1 aliphatic carbocycles. The predicted molar refractivity (Wildman–Crippen MR) is 89.5 cm³/mol. The Morgan fingerprint density at radius 1 is 1.10 bits per heavy atom. The van der Waals surface area contributed by atoms with Crippen molar-refractivity contribution in [1.82, 2.24) is 0 Å². The summed E-state index contributed by atoms with van der Waals surface area (Å²) in [5.74, 6) is 0. The van der Waals surface area contributed by atoms with E-state index in [0.29, 0.717) is 6.04 Å². The highest BCUT2D eigenvalue weighted by Crippen LogP contribution is 2.31. The second-order valence-corrected chi connectivity index (χ2v) is 6.65. The Morgan fingerprint density at radius 2 is 1.85 bits per heavy atom. The van der Waals surface area contributed by atoms with Crippen molar-refractivity contribution in [3.05, 3.63) is 63.1 Å². The van der Waals surface area contributed by atoms with Crippen molar-refractivity contribution in [1.29, 1.82) is 0 Å². The fourth-order valence-corrected chi connectivity index (χ4v) is 3.91. The number of anilines is 1. The minimum atomic E-state index is 0.530. The van der Waals surface area contributed by atoms with Gasteiger partial charge in [-0.1, -0.05) is 30.3 Å². The maximum absolute atomic E-state index is 3.74. The van der Waals surface area contributed by atoms with Gasteiger partial charge in [-0.3, -0.25) is 0 Å². The molecule has 0 bridgehead atoms. The summed E-state index contributed by atoms with van der Waals surface area (Å²) >= 11 is 3.69. The normalized spacial score (nSPS) is 17.6. The minimum Gasteiger partial charge on any atom is -0.381 e. The molecule has 1 unspecified atom stereocenters. The maximum Gasteiger partial charge on any atom is 0.0516 e. The number of nitrogens with one attached hydrogen (secondary N) is 1. The number of aryl methyl sites for hydroxylation is 3. The van der Waals surface area contributed by atoms with Crippen LogP contribution in [0.25, 0.3) is 0 Å². The average Bonchev–Trinajstić information content (AvgIpc) is 2.42. The molecule has 0 heterocycles. The smallest absolute Gasteiger partial charge is 0.0516 e. The molecule has 104 valence electrons. The average molecular weight is 330 g/mol. The summed E-state index contributed by atoms with van der Waals surface area (Å²) < 4.78 is 1.17. The monoisotopic (exact) mass is 329 g/mol. The molecule has 3 rings (SSSR count). The largest absolute Gasteiger partial charge is 0.381 e. The van der Waals surface area contributed by atoms with Crippen LogP contribution in [-0.4, -0.2) is 6.04 Å². The lowest BCUT2D eigenvalue weighted by Gasteiger charge is -2.27. The lowest BCUT2D eigenvalue weighted by molar-refractivity contribution is 0.610. The first-order valence-corrected chi connectivity index (χ1v) is 8.03. The van der Waals surface area contributed by atoms with Gasteiger partial charge in [-0.05, 0) is 77.4 Å². The molecule has 1 nitrogen and oxygen atoms in total. The summed E-state index contributed by atoms with van der Waals surface area (Å²) in [5.41, 5.74) is 6.88. The predicted octanol–water partition coefficient (Wildman–Crippen LogP) is 5.04. The third-order valence-electron chi connectivity index (χ3n) is 4.13. The number of halogens is 1. The van der Waals surface area contributed by atoms with Gasteiger partial charge >= 0.3 is 0 Å². The zero-order chi connectivity index (χ0) is 14.1. The molecular weight excluding hydrogens is 310 g/mol. The summed E-state index contributed by atoms with van der Waals surface area (Å²) in [6, 6.07) is 13.8. The van der Waals surface area contributed by atoms with Gasteiger partial charge in [0.2, 0.25) is 0 Å². The summed E-state index contributed by atoms with van der Waals surface area (Å²) in [6.45, 7) is 4.31. The van der Waals surface area contributed by atoms with Crippen LogP contribution in [-0.2, 0) is 12.8 Å². The van der Waals surface area contributed by atoms with Gasteiger partial charge < -0.3 is 5.32 Å². The Hall–Kier alpha value is -1.28. The van der Waals surface area contributed by atoms with E-state index in [4.69, 9.17) is 0 Å². The van der Waals surface area contributed by atoms with Gasteiger partial charge in [0.25, 0.3) is 0 Å². The summed E-state index contributed by atoms with van der Waals surface area (Å²) in [6.07, 6.45) is 3.50. The van der Waals surface area contributed by atoms with Crippen LogP contribution in [0.2, 0.25) is 0 Å². The Bertz CT molecular complexity index is 610. The standard InChI is InChI=1S/C18H20BrN/c1-12-9-13(2)18(17(19)10-12)20-16-8-7-14-5-3-4-6-15(14)11-16/h3-6,9-10,16,20H,7-8,11H2,1-2H3. The molecule has 0 saturated carbocycles. The zero-order valence-corrected chi connectivity index (χ0v) is 13.6. The zero-order valence-electron chi connectivity index (χ0n) is 12.0. The van der Waals surface area contributed by atoms with Crippen LogP contribution in [0, 0.1) is 13.8 Å². The minimum absolute atomic E-state index is 0.530. The lowest BCUT2D eigenvalue weighted by atomic mass is 9.88. The van der Waals surface area contributed by atoms with E-state index in [0.717, 1.165) is 6.42 Å². The highest BCUT2D eigenvalue weighted by molar-refractivity contribution is 9.10. The Balaban J connectivity index is 1.80. The molecule has 2 aromatic rings. The molecule has 1 N–H and O–H groups in total. The Labute approximate surface area is 129 Å². The topological polar surface area (TPSA) is 12.0 Å². The highest BCUT2D eigenvalue weighted by atomic mass is 79.9. The molecule has 1 aliphatic rings. The molecule has 20 heavy (non-hydrogen) atoms. The first-order valence-electron chi connectivity index (χ1n) is 7.23. The number of rotatable bonds is 2. The first kappa shape index (κ1) is 13.7. The fraction of sp³-hybridized carbons (Fsp3) is 0.333. The third kappa shape index (κ3) is 2.76. The molecule has 0 saturated heterocycles. The van der Waals surface area contributed by atoms with Crippen LogP contribution in [0.1, 0.15) is 28.7 Å². The van der Waals surface area contributed by atoms with Crippen LogP contribution >= 0.6 is 15.9 Å². The van der Waals surface area contributed by atoms with Crippen molar-refractivity contribution >= 4 is 21.6 Å². The number of fused-ring (bicyclic) bond motifs is 1. The molecule has 0 radical (unpaired) electrons. The Morgan fingerprint density at radius 3 is 2.60 bits per heavy atom. The van der Waals surface area contributed by atoms with Gasteiger partial charge in [-0.2, -0.15) is 0 Å². The SMILES string of the molecule is Cc1cc(C)c(NC2CCc3ccccc3C2)c(Br)c1. The molecule has 0 spiro atoms. The van der Waals surface area contributed by atoms with E-state index in [-0.39, 0.29) is 0 Å². The van der Waals surface area contributed by atoms with E-state index < -0.39 is 0 Å². The number of benzene rings is 2. The van der Waals surface area contributed by atoms with E-state index in [1.54, 1.807) is 0 Å². The summed E-state index contributed by atoms with van der Waals surface area (Å²) in [7, 11) is 0. The fourth-order valence-electron chi connectivity index (χ4n) is 3.12. The van der Waals surface area contributed by atoms with Crippen molar-refractivity contribution in [2.24, 2.45) is 0 Å². The van der Waals surface area contributed by atoms with Crippen LogP contribution in [0.5, 0.6) is 0 Å². The van der Waals surface area contributed by atoms with E-state index in [2.05, 4.69) is 71.5 Å². The van der Waals surface area contributed by atoms with Gasteiger partial charge in [0.05, 0.1) is 5.69 Å². The third-order valence-corrected chi connectivity index (χ3v) is 4.75. The molecule has 0 fully saturated rings. The first-order chi connectivity index (χ1) is 9.63. The quantitative estimate of drug-likeness (QED) is 0.814. The number of hydrogen-bond donors (Lipinski definition) is 1. The van der Waals surface area contributed by atoms with Crippen molar-refractivity contribution < 1.29 is 0 Å². The van der Waals surface area contributed by atoms with E-state index in [1.807, 2.05) is 0 Å². The van der Waals surface area contributed by atoms with Crippen molar-refractivity contribution in [2.45, 2.75) is 39.2 Å². The maximum atomic E-state index is 3.74. The molecule has 0 aromatic heterocycles. The lowest BCUT2D eigenvalue weighted by Crippen LogP contribution is -2.27. The van der Waals surface area contributed by atoms with Crippen LogP contribution in [0.15, 0.2) is 40.9 Å². The van der Waals surface area contributed by atoms with Crippen molar-refractivity contribution in [3.63, 3.8) is 0 Å². The Kier molecular flexibility index (Phi) is 3.84. The van der Waals surface area contributed by atoms with Crippen LogP contribution < -0.4 is 5.32 Å². The molecule has 2 heteroatoms. The van der Waals surface area contributed by atoms with Gasteiger partial charge in [0, 0.05) is 10.5 Å². The van der Waals surface area contributed by atoms with E-state index >= 15 is 0 Å². The van der Waals surface area contributed by atoms with Crippen LogP contribution in [0.3, 0.4) is 0 Å².